The standard InChI is InChI=1S/C14H24N4O/c1-10(14(19)18-7-5-15-6-8-18)9-13-11(2)16-17(4)12(13)3/h10,15H,5-9H2,1-4H3. The molecule has 5 nitrogen and oxygen atoms in total. The highest BCUT2D eigenvalue weighted by molar-refractivity contribution is 5.79. The Hall–Kier alpha value is -1.36. The molecule has 1 atom stereocenters. The Kier molecular flexibility index (Phi) is 4.24. The molecule has 0 spiro atoms. The van der Waals surface area contributed by atoms with E-state index in [9.17, 15) is 4.79 Å². The van der Waals surface area contributed by atoms with Crippen LogP contribution in [0.4, 0.5) is 0 Å². The molecule has 1 fully saturated rings. The van der Waals surface area contributed by atoms with Crippen molar-refractivity contribution >= 4 is 5.91 Å². The number of amides is 1. The maximum atomic E-state index is 12.4. The second kappa shape index (κ2) is 5.74. The average molecular weight is 264 g/mol. The van der Waals surface area contributed by atoms with Crippen molar-refractivity contribution in [2.75, 3.05) is 26.2 Å². The highest BCUT2D eigenvalue weighted by atomic mass is 16.2. The van der Waals surface area contributed by atoms with E-state index < -0.39 is 0 Å². The summed E-state index contributed by atoms with van der Waals surface area (Å²) in [7, 11) is 1.95. The summed E-state index contributed by atoms with van der Waals surface area (Å²) >= 11 is 0. The van der Waals surface area contributed by atoms with Crippen LogP contribution in [0.15, 0.2) is 0 Å². The highest BCUT2D eigenvalue weighted by Gasteiger charge is 2.24. The molecule has 106 valence electrons. The Morgan fingerprint density at radius 1 is 1.37 bits per heavy atom. The molecule has 1 N–H and O–H groups in total. The maximum Gasteiger partial charge on any atom is 0.225 e. The van der Waals surface area contributed by atoms with Crippen LogP contribution in [0.1, 0.15) is 23.9 Å². The minimum absolute atomic E-state index is 0.0275. The van der Waals surface area contributed by atoms with Gasteiger partial charge < -0.3 is 10.2 Å². The van der Waals surface area contributed by atoms with Gasteiger partial charge >= 0.3 is 0 Å². The van der Waals surface area contributed by atoms with E-state index in [1.165, 1.54) is 5.56 Å². The molecule has 1 aromatic heterocycles. The second-order valence-electron chi connectivity index (χ2n) is 5.45. The molecular formula is C14H24N4O. The third-order valence-corrected chi connectivity index (χ3v) is 4.02. The zero-order valence-corrected chi connectivity index (χ0v) is 12.4. The van der Waals surface area contributed by atoms with Gasteiger partial charge in [-0.3, -0.25) is 9.48 Å². The van der Waals surface area contributed by atoms with Gasteiger partial charge in [0.25, 0.3) is 0 Å². The monoisotopic (exact) mass is 264 g/mol. The molecule has 2 rings (SSSR count). The summed E-state index contributed by atoms with van der Waals surface area (Å²) in [4.78, 5) is 14.4. The molecule has 0 saturated carbocycles. The van der Waals surface area contributed by atoms with Gasteiger partial charge in [0, 0.05) is 44.8 Å². The first kappa shape index (κ1) is 14.1. The van der Waals surface area contributed by atoms with Crippen LogP contribution in [0.2, 0.25) is 0 Å². The molecule has 1 unspecified atom stereocenters. The van der Waals surface area contributed by atoms with Crippen LogP contribution < -0.4 is 5.32 Å². The molecule has 0 radical (unpaired) electrons. The summed E-state index contributed by atoms with van der Waals surface area (Å²) in [5.74, 6) is 0.295. The van der Waals surface area contributed by atoms with Crippen LogP contribution in [0.3, 0.4) is 0 Å². The lowest BCUT2D eigenvalue weighted by Gasteiger charge is -2.29. The van der Waals surface area contributed by atoms with Gasteiger partial charge in [0.2, 0.25) is 5.91 Å². The molecule has 1 aliphatic heterocycles. The predicted octanol–water partition coefficient (Wildman–Crippen LogP) is 0.647. The topological polar surface area (TPSA) is 50.2 Å². The Labute approximate surface area is 115 Å². The number of rotatable bonds is 3. The first-order valence-electron chi connectivity index (χ1n) is 6.99. The number of aromatic nitrogens is 2. The van der Waals surface area contributed by atoms with Crippen molar-refractivity contribution in [3.63, 3.8) is 0 Å². The van der Waals surface area contributed by atoms with Gasteiger partial charge in [-0.25, -0.2) is 0 Å². The molecule has 1 aromatic rings. The van der Waals surface area contributed by atoms with Gasteiger partial charge in [-0.15, -0.1) is 0 Å². The molecule has 19 heavy (non-hydrogen) atoms. The Morgan fingerprint density at radius 3 is 2.53 bits per heavy atom. The van der Waals surface area contributed by atoms with Crippen LogP contribution in [-0.2, 0) is 18.3 Å². The zero-order valence-electron chi connectivity index (χ0n) is 12.4. The summed E-state index contributed by atoms with van der Waals surface area (Å²) in [5, 5.41) is 7.69. The average Bonchev–Trinajstić information content (AvgIpc) is 2.65. The van der Waals surface area contributed by atoms with Crippen LogP contribution in [0.5, 0.6) is 0 Å². The van der Waals surface area contributed by atoms with Crippen molar-refractivity contribution in [2.24, 2.45) is 13.0 Å². The number of piperazine rings is 1. The van der Waals surface area contributed by atoms with Gasteiger partial charge in [0.1, 0.15) is 0 Å². The number of hydrogen-bond acceptors (Lipinski definition) is 3. The molecule has 0 aliphatic carbocycles. The van der Waals surface area contributed by atoms with E-state index in [2.05, 4.69) is 17.3 Å². The summed E-state index contributed by atoms with van der Waals surface area (Å²) in [6.45, 7) is 9.58. The van der Waals surface area contributed by atoms with Crippen molar-refractivity contribution in [3.05, 3.63) is 17.0 Å². The number of aryl methyl sites for hydroxylation is 2. The van der Waals surface area contributed by atoms with Gasteiger partial charge in [-0.2, -0.15) is 5.10 Å². The van der Waals surface area contributed by atoms with E-state index in [0.29, 0.717) is 0 Å². The predicted molar refractivity (Wildman–Crippen MR) is 75.0 cm³/mol. The maximum absolute atomic E-state index is 12.4. The number of carbonyl (C=O) groups excluding carboxylic acids is 1. The van der Waals surface area contributed by atoms with Crippen LogP contribution in [0, 0.1) is 19.8 Å². The Morgan fingerprint density at radius 2 is 2.00 bits per heavy atom. The molecule has 1 amide bonds. The number of nitrogens with one attached hydrogen (secondary N) is 1. The summed E-state index contributed by atoms with van der Waals surface area (Å²) in [6, 6.07) is 0. The molecular weight excluding hydrogens is 240 g/mol. The molecule has 5 heteroatoms. The fourth-order valence-electron chi connectivity index (χ4n) is 2.70. The van der Waals surface area contributed by atoms with Crippen molar-refractivity contribution in [1.82, 2.24) is 20.0 Å². The molecule has 1 saturated heterocycles. The van der Waals surface area contributed by atoms with Gasteiger partial charge in [0.05, 0.1) is 5.69 Å². The van der Waals surface area contributed by atoms with Gasteiger partial charge in [-0.1, -0.05) is 6.92 Å². The van der Waals surface area contributed by atoms with Gasteiger partial charge in [0.15, 0.2) is 0 Å². The lowest BCUT2D eigenvalue weighted by Crippen LogP contribution is -2.48. The normalized spacial score (nSPS) is 17.6. The fraction of sp³-hybridized carbons (Fsp3) is 0.714. The van der Waals surface area contributed by atoms with Crippen molar-refractivity contribution in [2.45, 2.75) is 27.2 Å². The van der Waals surface area contributed by atoms with Crippen molar-refractivity contribution in [1.29, 1.82) is 0 Å². The first-order chi connectivity index (χ1) is 9.00. The molecule has 2 heterocycles. The molecule has 0 aromatic carbocycles. The zero-order chi connectivity index (χ0) is 14.0. The van der Waals surface area contributed by atoms with Crippen molar-refractivity contribution in [3.8, 4) is 0 Å². The van der Waals surface area contributed by atoms with E-state index in [4.69, 9.17) is 0 Å². The van der Waals surface area contributed by atoms with E-state index in [0.717, 1.165) is 44.0 Å². The minimum atomic E-state index is 0.0275. The number of nitrogens with zero attached hydrogens (tertiary/aromatic N) is 3. The number of hydrogen-bond donors (Lipinski definition) is 1. The lowest BCUT2D eigenvalue weighted by atomic mass is 9.98. The van der Waals surface area contributed by atoms with Crippen LogP contribution in [0.25, 0.3) is 0 Å². The third-order valence-electron chi connectivity index (χ3n) is 4.02. The van der Waals surface area contributed by atoms with E-state index in [-0.39, 0.29) is 11.8 Å². The molecule has 0 bridgehead atoms. The SMILES string of the molecule is Cc1nn(C)c(C)c1CC(C)C(=O)N1CCNCC1. The smallest absolute Gasteiger partial charge is 0.225 e. The largest absolute Gasteiger partial charge is 0.340 e. The fourth-order valence-corrected chi connectivity index (χ4v) is 2.70. The van der Waals surface area contributed by atoms with E-state index >= 15 is 0 Å². The highest BCUT2D eigenvalue weighted by Crippen LogP contribution is 2.18. The van der Waals surface area contributed by atoms with Crippen LogP contribution in [-0.4, -0.2) is 46.8 Å². The summed E-state index contributed by atoms with van der Waals surface area (Å²) in [6.07, 6.45) is 0.786. The lowest BCUT2D eigenvalue weighted by molar-refractivity contribution is -0.135. The van der Waals surface area contributed by atoms with E-state index in [1.54, 1.807) is 0 Å². The number of carbonyl (C=O) groups is 1. The minimum Gasteiger partial charge on any atom is -0.340 e. The van der Waals surface area contributed by atoms with E-state index in [1.807, 2.05) is 30.5 Å². The Bertz CT molecular complexity index is 460. The van der Waals surface area contributed by atoms with Crippen molar-refractivity contribution < 1.29 is 4.79 Å². The summed E-state index contributed by atoms with van der Waals surface area (Å²) in [5.41, 5.74) is 3.43. The second-order valence-corrected chi connectivity index (χ2v) is 5.45. The van der Waals surface area contributed by atoms with Crippen LogP contribution >= 0.6 is 0 Å². The van der Waals surface area contributed by atoms with Gasteiger partial charge in [-0.05, 0) is 25.8 Å². The quantitative estimate of drug-likeness (QED) is 0.872. The Balaban J connectivity index is 2.03. The summed E-state index contributed by atoms with van der Waals surface area (Å²) < 4.78 is 1.90. The molecule has 1 aliphatic rings. The third kappa shape index (κ3) is 2.97. The first-order valence-corrected chi connectivity index (χ1v) is 6.99.